The second-order valence-electron chi connectivity index (χ2n) is 10.6. The lowest BCUT2D eigenvalue weighted by Crippen LogP contribution is -2.52. The predicted molar refractivity (Wildman–Crippen MR) is 158 cm³/mol. The first kappa shape index (κ1) is 26.9. The largest absolute Gasteiger partial charge is 0.489 e. The van der Waals surface area contributed by atoms with Crippen molar-refractivity contribution < 1.29 is 14.2 Å². The molecule has 5 rings (SSSR count). The first-order chi connectivity index (χ1) is 19.2. The molecule has 5 nitrogen and oxygen atoms in total. The molecule has 5 heteroatoms. The van der Waals surface area contributed by atoms with Crippen LogP contribution in [0.1, 0.15) is 37.8 Å². The van der Waals surface area contributed by atoms with Gasteiger partial charge in [0.15, 0.2) is 5.76 Å². The van der Waals surface area contributed by atoms with Crippen molar-refractivity contribution in [2.75, 3.05) is 31.3 Å². The number of nitrogens with zero attached hydrogens (tertiary/aromatic N) is 2. The van der Waals surface area contributed by atoms with E-state index in [0.29, 0.717) is 19.4 Å². The molecule has 0 saturated carbocycles. The standard InChI is InChI=1S/C34H40N2O3/c1-27(2)19-21-36(30-15-17-32(18-16-30)38-24-29-12-7-4-8-13-29)31-14-9-20-35(23-31)33(34-25-37-26-39-34)22-28-10-5-3-6-11-28/h3-8,10-13,15-19,25,31,33H,9,14,20-24,26H2,1-2H3. The number of ether oxygens (including phenoxy) is 3. The summed E-state index contributed by atoms with van der Waals surface area (Å²) in [7, 11) is 0. The summed E-state index contributed by atoms with van der Waals surface area (Å²) >= 11 is 0. The normalized spacial score (nSPS) is 17.9. The zero-order valence-corrected chi connectivity index (χ0v) is 23.2. The predicted octanol–water partition coefficient (Wildman–Crippen LogP) is 6.96. The highest BCUT2D eigenvalue weighted by Gasteiger charge is 2.33. The molecule has 0 aromatic heterocycles. The minimum atomic E-state index is 0.164. The Hall–Kier alpha value is -3.70. The third kappa shape index (κ3) is 7.45. The topological polar surface area (TPSA) is 34.2 Å². The van der Waals surface area contributed by atoms with Crippen LogP contribution in [0.25, 0.3) is 0 Å². The lowest BCUT2D eigenvalue weighted by molar-refractivity contribution is 0.0535. The SMILES string of the molecule is CC(C)=CCN(c1ccc(OCc2ccccc2)cc1)C1CCCN(C(Cc2ccccc2)C2=COCO2)C1. The average molecular weight is 525 g/mol. The lowest BCUT2D eigenvalue weighted by Gasteiger charge is -2.43. The van der Waals surface area contributed by atoms with Crippen molar-refractivity contribution in [3.63, 3.8) is 0 Å². The van der Waals surface area contributed by atoms with Gasteiger partial charge in [0.2, 0.25) is 6.79 Å². The third-order valence-corrected chi connectivity index (χ3v) is 7.52. The summed E-state index contributed by atoms with van der Waals surface area (Å²) < 4.78 is 17.5. The third-order valence-electron chi connectivity index (χ3n) is 7.52. The maximum atomic E-state index is 6.06. The van der Waals surface area contributed by atoms with E-state index < -0.39 is 0 Å². The van der Waals surface area contributed by atoms with Crippen molar-refractivity contribution >= 4 is 5.69 Å². The van der Waals surface area contributed by atoms with Gasteiger partial charge in [-0.2, -0.15) is 0 Å². The highest BCUT2D eigenvalue weighted by atomic mass is 16.7. The molecule has 0 N–H and O–H groups in total. The maximum Gasteiger partial charge on any atom is 0.229 e. The van der Waals surface area contributed by atoms with Gasteiger partial charge in [0.25, 0.3) is 0 Å². The van der Waals surface area contributed by atoms with E-state index in [1.54, 1.807) is 0 Å². The van der Waals surface area contributed by atoms with Gasteiger partial charge in [-0.15, -0.1) is 0 Å². The maximum absolute atomic E-state index is 6.06. The number of allylic oxidation sites excluding steroid dienone is 1. The monoisotopic (exact) mass is 524 g/mol. The van der Waals surface area contributed by atoms with E-state index in [9.17, 15) is 0 Å². The fourth-order valence-electron chi connectivity index (χ4n) is 5.42. The number of anilines is 1. The molecular weight excluding hydrogens is 484 g/mol. The van der Waals surface area contributed by atoms with Crippen LogP contribution in [0.3, 0.4) is 0 Å². The van der Waals surface area contributed by atoms with Gasteiger partial charge in [0.05, 0.1) is 6.04 Å². The Bertz CT molecular complexity index is 1220. The summed E-state index contributed by atoms with van der Waals surface area (Å²) in [5, 5.41) is 0. The van der Waals surface area contributed by atoms with E-state index in [-0.39, 0.29) is 6.04 Å². The van der Waals surface area contributed by atoms with E-state index in [2.05, 4.69) is 96.5 Å². The Balaban J connectivity index is 1.32. The average Bonchev–Trinajstić information content (AvgIpc) is 3.51. The van der Waals surface area contributed by atoms with Gasteiger partial charge < -0.3 is 19.1 Å². The molecule has 2 unspecified atom stereocenters. The Morgan fingerprint density at radius 1 is 0.974 bits per heavy atom. The highest BCUT2D eigenvalue weighted by molar-refractivity contribution is 5.51. The van der Waals surface area contributed by atoms with Crippen LogP contribution in [-0.2, 0) is 22.5 Å². The molecule has 39 heavy (non-hydrogen) atoms. The molecular formula is C34H40N2O3. The molecule has 3 aromatic carbocycles. The van der Waals surface area contributed by atoms with Crippen LogP contribution in [-0.4, -0.2) is 43.4 Å². The van der Waals surface area contributed by atoms with Crippen LogP contribution >= 0.6 is 0 Å². The molecule has 2 aliphatic rings. The fourth-order valence-corrected chi connectivity index (χ4v) is 5.42. The van der Waals surface area contributed by atoms with Crippen molar-refractivity contribution in [3.8, 4) is 5.75 Å². The van der Waals surface area contributed by atoms with E-state index in [1.807, 2.05) is 24.5 Å². The van der Waals surface area contributed by atoms with E-state index in [1.165, 1.54) is 22.4 Å². The second kappa shape index (κ2) is 13.4. The Morgan fingerprint density at radius 3 is 2.36 bits per heavy atom. The molecule has 2 heterocycles. The van der Waals surface area contributed by atoms with Gasteiger partial charge in [-0.25, -0.2) is 0 Å². The molecule has 204 valence electrons. The summed E-state index contributed by atoms with van der Waals surface area (Å²) in [6, 6.07) is 30.2. The summed E-state index contributed by atoms with van der Waals surface area (Å²) in [4.78, 5) is 5.15. The summed E-state index contributed by atoms with van der Waals surface area (Å²) in [6.45, 7) is 8.14. The Kier molecular flexibility index (Phi) is 9.23. The number of hydrogen-bond donors (Lipinski definition) is 0. The number of benzene rings is 3. The molecule has 0 aliphatic carbocycles. The number of hydrogen-bond acceptors (Lipinski definition) is 5. The zero-order valence-electron chi connectivity index (χ0n) is 23.2. The Morgan fingerprint density at radius 2 is 1.69 bits per heavy atom. The molecule has 3 aromatic rings. The lowest BCUT2D eigenvalue weighted by atomic mass is 9.97. The number of piperidine rings is 1. The van der Waals surface area contributed by atoms with Crippen LogP contribution < -0.4 is 9.64 Å². The number of rotatable bonds is 11. The molecule has 0 amide bonds. The van der Waals surface area contributed by atoms with Crippen molar-refractivity contribution in [2.45, 2.75) is 51.8 Å². The van der Waals surface area contributed by atoms with Gasteiger partial charge in [0.1, 0.15) is 18.6 Å². The van der Waals surface area contributed by atoms with E-state index >= 15 is 0 Å². The minimum Gasteiger partial charge on any atom is -0.489 e. The van der Waals surface area contributed by atoms with Gasteiger partial charge >= 0.3 is 0 Å². The Labute approximate surface area is 233 Å². The van der Waals surface area contributed by atoms with Crippen molar-refractivity contribution in [1.82, 2.24) is 4.90 Å². The smallest absolute Gasteiger partial charge is 0.229 e. The zero-order chi connectivity index (χ0) is 26.9. The van der Waals surface area contributed by atoms with Crippen molar-refractivity contribution in [2.24, 2.45) is 0 Å². The summed E-state index contributed by atoms with van der Waals surface area (Å²) in [5.41, 5.74) is 5.05. The van der Waals surface area contributed by atoms with Gasteiger partial charge in [-0.05, 0) is 75.0 Å². The molecule has 0 radical (unpaired) electrons. The highest BCUT2D eigenvalue weighted by Crippen LogP contribution is 2.29. The second-order valence-corrected chi connectivity index (χ2v) is 10.6. The van der Waals surface area contributed by atoms with Crippen molar-refractivity contribution in [3.05, 3.63) is 120 Å². The van der Waals surface area contributed by atoms with Gasteiger partial charge in [0, 0.05) is 24.8 Å². The van der Waals surface area contributed by atoms with Crippen LogP contribution in [0.15, 0.2) is 109 Å². The van der Waals surface area contributed by atoms with Crippen LogP contribution in [0, 0.1) is 0 Å². The van der Waals surface area contributed by atoms with Crippen LogP contribution in [0.5, 0.6) is 5.75 Å². The molecule has 2 atom stereocenters. The van der Waals surface area contributed by atoms with Crippen LogP contribution in [0.4, 0.5) is 5.69 Å². The fraction of sp³-hybridized carbons (Fsp3) is 0.353. The first-order valence-corrected chi connectivity index (χ1v) is 14.0. The minimum absolute atomic E-state index is 0.164. The quantitative estimate of drug-likeness (QED) is 0.253. The number of likely N-dealkylation sites (tertiary alicyclic amines) is 1. The molecule has 1 fully saturated rings. The summed E-state index contributed by atoms with van der Waals surface area (Å²) in [6.07, 6.45) is 7.36. The van der Waals surface area contributed by atoms with Gasteiger partial charge in [-0.1, -0.05) is 72.3 Å². The summed E-state index contributed by atoms with van der Waals surface area (Å²) in [5.74, 6) is 1.83. The molecule has 1 saturated heterocycles. The molecule has 0 spiro atoms. The van der Waals surface area contributed by atoms with Crippen LogP contribution in [0.2, 0.25) is 0 Å². The van der Waals surface area contributed by atoms with Gasteiger partial charge in [-0.3, -0.25) is 4.90 Å². The molecule has 0 bridgehead atoms. The van der Waals surface area contributed by atoms with E-state index in [0.717, 1.165) is 50.4 Å². The molecule has 2 aliphatic heterocycles. The van der Waals surface area contributed by atoms with Crippen molar-refractivity contribution in [1.29, 1.82) is 0 Å². The van der Waals surface area contributed by atoms with E-state index in [4.69, 9.17) is 14.2 Å². The first-order valence-electron chi connectivity index (χ1n) is 14.0.